The van der Waals surface area contributed by atoms with Gasteiger partial charge in [-0.1, -0.05) is 0 Å². The second-order valence-corrected chi connectivity index (χ2v) is 8.24. The standard InChI is InChI=1S/C26H28FN3O4/c1-34-24-8-2-18(15-28)14-21(24)5-9-25(32)29-23(17-31)16-30-12-10-20(11-13-30)26(33)19-3-6-22(27)7-4-19/h2-9,14,20,23,31H,10-13,16-17H2,1H3,(H,29,32)/b9-5+/t23-/m0/s1. The Labute approximate surface area is 198 Å². The number of aliphatic hydroxyl groups excluding tert-OH is 1. The quantitative estimate of drug-likeness (QED) is 0.436. The van der Waals surface area contributed by atoms with Crippen LogP contribution in [0.25, 0.3) is 6.08 Å². The molecule has 7 nitrogen and oxygen atoms in total. The van der Waals surface area contributed by atoms with Gasteiger partial charge in [-0.3, -0.25) is 9.59 Å². The highest BCUT2D eigenvalue weighted by atomic mass is 19.1. The largest absolute Gasteiger partial charge is 0.496 e. The normalized spacial score (nSPS) is 15.6. The summed E-state index contributed by atoms with van der Waals surface area (Å²) in [6, 6.07) is 12.1. The lowest BCUT2D eigenvalue weighted by molar-refractivity contribution is -0.117. The number of aliphatic hydroxyl groups is 1. The van der Waals surface area contributed by atoms with E-state index in [1.54, 1.807) is 24.3 Å². The molecule has 178 valence electrons. The SMILES string of the molecule is COc1ccc(C#N)cc1/C=C/C(=O)N[C@H](CO)CN1CCC(C(=O)c2ccc(F)cc2)CC1. The summed E-state index contributed by atoms with van der Waals surface area (Å²) < 4.78 is 18.4. The zero-order valence-electron chi connectivity index (χ0n) is 19.0. The topological polar surface area (TPSA) is 103 Å². The Balaban J connectivity index is 1.51. The molecule has 0 aromatic heterocycles. The van der Waals surface area contributed by atoms with Crippen molar-refractivity contribution >= 4 is 17.8 Å². The number of carbonyl (C=O) groups is 2. The fourth-order valence-corrected chi connectivity index (χ4v) is 4.04. The Kier molecular flexibility index (Phi) is 8.91. The van der Waals surface area contributed by atoms with Gasteiger partial charge in [-0.15, -0.1) is 0 Å². The molecule has 0 saturated carbocycles. The number of nitrogens with zero attached hydrogens (tertiary/aromatic N) is 2. The van der Waals surface area contributed by atoms with Crippen LogP contribution in [0.4, 0.5) is 4.39 Å². The Morgan fingerprint density at radius 1 is 1.26 bits per heavy atom. The van der Waals surface area contributed by atoms with Crippen LogP contribution in [0.2, 0.25) is 0 Å². The van der Waals surface area contributed by atoms with Crippen LogP contribution >= 0.6 is 0 Å². The number of methoxy groups -OCH3 is 1. The van der Waals surface area contributed by atoms with E-state index >= 15 is 0 Å². The number of nitriles is 1. The van der Waals surface area contributed by atoms with Crippen molar-refractivity contribution < 1.29 is 23.8 Å². The number of benzene rings is 2. The summed E-state index contributed by atoms with van der Waals surface area (Å²) in [5, 5.41) is 21.6. The monoisotopic (exact) mass is 465 g/mol. The molecule has 1 fully saturated rings. The van der Waals surface area contributed by atoms with Gasteiger partial charge >= 0.3 is 0 Å². The van der Waals surface area contributed by atoms with E-state index in [9.17, 15) is 19.1 Å². The molecule has 2 aromatic rings. The molecule has 1 amide bonds. The van der Waals surface area contributed by atoms with Crippen LogP contribution in [0.5, 0.6) is 5.75 Å². The molecular formula is C26H28FN3O4. The first-order chi connectivity index (χ1) is 16.4. The molecule has 1 saturated heterocycles. The van der Waals surface area contributed by atoms with Crippen LogP contribution in [0.1, 0.15) is 34.3 Å². The van der Waals surface area contributed by atoms with E-state index in [2.05, 4.69) is 10.2 Å². The molecule has 1 heterocycles. The summed E-state index contributed by atoms with van der Waals surface area (Å²) in [7, 11) is 1.51. The van der Waals surface area contributed by atoms with Crippen molar-refractivity contribution in [2.24, 2.45) is 5.92 Å². The molecule has 0 bridgehead atoms. The predicted molar refractivity (Wildman–Crippen MR) is 126 cm³/mol. The van der Waals surface area contributed by atoms with Crippen molar-refractivity contribution in [2.45, 2.75) is 18.9 Å². The number of carbonyl (C=O) groups excluding carboxylic acids is 2. The Hall–Kier alpha value is -3.54. The first-order valence-corrected chi connectivity index (χ1v) is 11.1. The molecule has 0 radical (unpaired) electrons. The van der Waals surface area contributed by atoms with Crippen molar-refractivity contribution in [2.75, 3.05) is 33.4 Å². The lowest BCUT2D eigenvalue weighted by Gasteiger charge is -2.33. The van der Waals surface area contributed by atoms with Gasteiger partial charge in [-0.05, 0) is 74.5 Å². The number of halogens is 1. The van der Waals surface area contributed by atoms with Gasteiger partial charge in [0.05, 0.1) is 31.4 Å². The van der Waals surface area contributed by atoms with Gasteiger partial charge in [-0.25, -0.2) is 4.39 Å². The third kappa shape index (κ3) is 6.73. The van der Waals surface area contributed by atoms with Crippen molar-refractivity contribution in [1.29, 1.82) is 5.26 Å². The van der Waals surface area contributed by atoms with Gasteiger partial charge < -0.3 is 20.1 Å². The maximum Gasteiger partial charge on any atom is 0.244 e. The van der Waals surface area contributed by atoms with E-state index in [0.717, 1.165) is 0 Å². The number of likely N-dealkylation sites (tertiary alicyclic amines) is 1. The van der Waals surface area contributed by atoms with Gasteiger partial charge in [0, 0.05) is 29.7 Å². The summed E-state index contributed by atoms with van der Waals surface area (Å²) in [4.78, 5) is 27.2. The highest BCUT2D eigenvalue weighted by Gasteiger charge is 2.27. The van der Waals surface area contributed by atoms with Crippen LogP contribution in [0, 0.1) is 23.1 Å². The number of hydrogen-bond donors (Lipinski definition) is 2. The molecule has 0 unspecified atom stereocenters. The van der Waals surface area contributed by atoms with E-state index in [4.69, 9.17) is 10.00 Å². The highest BCUT2D eigenvalue weighted by molar-refractivity contribution is 5.97. The summed E-state index contributed by atoms with van der Waals surface area (Å²) in [5.41, 5.74) is 1.57. The molecule has 3 rings (SSSR count). The maximum atomic E-state index is 13.1. The number of ether oxygens (including phenoxy) is 1. The van der Waals surface area contributed by atoms with E-state index in [1.165, 1.54) is 37.5 Å². The van der Waals surface area contributed by atoms with Crippen molar-refractivity contribution in [3.05, 3.63) is 71.0 Å². The molecule has 0 aliphatic carbocycles. The number of nitrogens with one attached hydrogen (secondary N) is 1. The third-order valence-corrected chi connectivity index (χ3v) is 5.91. The Morgan fingerprint density at radius 2 is 1.97 bits per heavy atom. The maximum absolute atomic E-state index is 13.1. The van der Waals surface area contributed by atoms with Gasteiger partial charge in [0.1, 0.15) is 11.6 Å². The predicted octanol–water partition coefficient (Wildman–Crippen LogP) is 2.79. The minimum Gasteiger partial charge on any atom is -0.496 e. The molecule has 2 aromatic carbocycles. The number of piperidine rings is 1. The number of ketones is 1. The fraction of sp³-hybridized carbons (Fsp3) is 0.346. The summed E-state index contributed by atoms with van der Waals surface area (Å²) in [5.74, 6) is -0.295. The molecule has 1 aliphatic rings. The second kappa shape index (κ2) is 12.1. The summed E-state index contributed by atoms with van der Waals surface area (Å²) >= 11 is 0. The average Bonchev–Trinajstić information content (AvgIpc) is 2.87. The van der Waals surface area contributed by atoms with Crippen LogP contribution in [-0.2, 0) is 4.79 Å². The van der Waals surface area contributed by atoms with Gasteiger partial charge in [0.15, 0.2) is 5.78 Å². The Bertz CT molecular complexity index is 1070. The molecular weight excluding hydrogens is 437 g/mol. The third-order valence-electron chi connectivity index (χ3n) is 5.91. The summed E-state index contributed by atoms with van der Waals surface area (Å²) in [6.45, 7) is 1.57. The molecule has 1 atom stereocenters. The second-order valence-electron chi connectivity index (χ2n) is 8.24. The molecule has 0 spiro atoms. The van der Waals surface area contributed by atoms with Gasteiger partial charge in [0.25, 0.3) is 0 Å². The average molecular weight is 466 g/mol. The lowest BCUT2D eigenvalue weighted by atomic mass is 9.89. The van der Waals surface area contributed by atoms with E-state index in [1.807, 2.05) is 6.07 Å². The van der Waals surface area contributed by atoms with Crippen LogP contribution in [0.15, 0.2) is 48.5 Å². The van der Waals surface area contributed by atoms with Crippen LogP contribution in [-0.4, -0.2) is 61.1 Å². The Morgan fingerprint density at radius 3 is 2.59 bits per heavy atom. The zero-order chi connectivity index (χ0) is 24.5. The molecule has 8 heteroatoms. The summed E-state index contributed by atoms with van der Waals surface area (Å²) in [6.07, 6.45) is 4.24. The lowest BCUT2D eigenvalue weighted by Crippen LogP contribution is -2.48. The van der Waals surface area contributed by atoms with Gasteiger partial charge in [0.2, 0.25) is 5.91 Å². The first kappa shape index (κ1) is 25.1. The van der Waals surface area contributed by atoms with Crippen molar-refractivity contribution in [3.63, 3.8) is 0 Å². The highest BCUT2D eigenvalue weighted by Crippen LogP contribution is 2.23. The number of rotatable bonds is 9. The van der Waals surface area contributed by atoms with E-state index in [0.29, 0.717) is 54.9 Å². The van der Waals surface area contributed by atoms with E-state index < -0.39 is 6.04 Å². The molecule has 2 N–H and O–H groups in total. The zero-order valence-corrected chi connectivity index (χ0v) is 19.0. The van der Waals surface area contributed by atoms with Crippen molar-refractivity contribution in [1.82, 2.24) is 10.2 Å². The van der Waals surface area contributed by atoms with Crippen LogP contribution in [0.3, 0.4) is 0 Å². The first-order valence-electron chi connectivity index (χ1n) is 11.1. The molecule has 34 heavy (non-hydrogen) atoms. The van der Waals surface area contributed by atoms with Crippen molar-refractivity contribution in [3.8, 4) is 11.8 Å². The van der Waals surface area contributed by atoms with Gasteiger partial charge in [-0.2, -0.15) is 5.26 Å². The number of Topliss-reactive ketones (excluding diaryl/α,β-unsaturated/α-hetero) is 1. The van der Waals surface area contributed by atoms with E-state index in [-0.39, 0.29) is 30.0 Å². The number of amides is 1. The minimum absolute atomic E-state index is 0.0210. The minimum atomic E-state index is -0.464. The molecule has 1 aliphatic heterocycles. The van der Waals surface area contributed by atoms with Crippen LogP contribution < -0.4 is 10.1 Å². The number of hydrogen-bond acceptors (Lipinski definition) is 6. The smallest absolute Gasteiger partial charge is 0.244 e. The fourth-order valence-electron chi connectivity index (χ4n) is 4.04.